The second-order valence-electron chi connectivity index (χ2n) is 4.71. The van der Waals surface area contributed by atoms with Crippen molar-refractivity contribution >= 4 is 0 Å². The van der Waals surface area contributed by atoms with Gasteiger partial charge in [-0.3, -0.25) is 0 Å². The van der Waals surface area contributed by atoms with Crippen LogP contribution in [-0.4, -0.2) is 0 Å². The molecule has 0 radical (unpaired) electrons. The van der Waals surface area contributed by atoms with Gasteiger partial charge in [-0.1, -0.05) is 92.7 Å². The van der Waals surface area contributed by atoms with Crippen molar-refractivity contribution in [1.82, 2.24) is 0 Å². The molecule has 0 heteroatoms. The van der Waals surface area contributed by atoms with Gasteiger partial charge in [-0.05, 0) is 34.7 Å². The fourth-order valence-corrected chi connectivity index (χ4v) is 2.50. The van der Waals surface area contributed by atoms with E-state index in [1.54, 1.807) is 0 Å². The average molecular weight is 274 g/mol. The van der Waals surface area contributed by atoms with Gasteiger partial charge in [0.1, 0.15) is 0 Å². The molecule has 0 aliphatic rings. The molecule has 21 heavy (non-hydrogen) atoms. The first-order chi connectivity index (χ1) is 10.4. The molecule has 0 unspecified atom stereocenters. The summed E-state index contributed by atoms with van der Waals surface area (Å²) in [5.41, 5.74) is 6.50. The Morgan fingerprint density at radius 1 is 0.476 bits per heavy atom. The minimum Gasteiger partial charge on any atom is -0.0683 e. The van der Waals surface area contributed by atoms with Crippen LogP contribution < -0.4 is 0 Å². The van der Waals surface area contributed by atoms with Gasteiger partial charge in [0, 0.05) is 0 Å². The summed E-state index contributed by atoms with van der Waals surface area (Å²) in [5, 5.41) is 0. The van der Waals surface area contributed by atoms with Crippen LogP contribution in [0.5, 0.6) is 0 Å². The molecule has 0 spiro atoms. The van der Waals surface area contributed by atoms with Crippen molar-refractivity contribution in [2.45, 2.75) is 20.8 Å². The summed E-state index contributed by atoms with van der Waals surface area (Å²) in [6.07, 6.45) is 0. The molecule has 3 aromatic carbocycles. The minimum atomic E-state index is 1.28. The summed E-state index contributed by atoms with van der Waals surface area (Å²) in [7, 11) is 0. The molecule has 0 saturated heterocycles. The molecule has 0 saturated carbocycles. The molecule has 0 aliphatic heterocycles. The van der Waals surface area contributed by atoms with E-state index in [-0.39, 0.29) is 0 Å². The summed E-state index contributed by atoms with van der Waals surface area (Å²) < 4.78 is 0. The molecule has 0 fully saturated rings. The fourth-order valence-electron chi connectivity index (χ4n) is 2.50. The first-order valence-corrected chi connectivity index (χ1v) is 7.57. The molecule has 3 aromatic rings. The summed E-state index contributed by atoms with van der Waals surface area (Å²) in [6.45, 7) is 6.20. The van der Waals surface area contributed by atoms with Crippen LogP contribution in [0.2, 0.25) is 0 Å². The lowest BCUT2D eigenvalue weighted by Gasteiger charge is -2.11. The second kappa shape index (κ2) is 7.44. The SMILES string of the molecule is CC.Cc1c(-c2ccccc2)cccc1-c1ccccc1. The Morgan fingerprint density at radius 2 is 0.857 bits per heavy atom. The lowest BCUT2D eigenvalue weighted by atomic mass is 9.93. The summed E-state index contributed by atoms with van der Waals surface area (Å²) >= 11 is 0. The van der Waals surface area contributed by atoms with Crippen LogP contribution in [0.15, 0.2) is 78.9 Å². The van der Waals surface area contributed by atoms with Crippen molar-refractivity contribution < 1.29 is 0 Å². The molecule has 0 heterocycles. The van der Waals surface area contributed by atoms with E-state index in [0.717, 1.165) is 0 Å². The molecule has 106 valence electrons. The quantitative estimate of drug-likeness (QED) is 0.510. The molecule has 0 aromatic heterocycles. The van der Waals surface area contributed by atoms with Crippen molar-refractivity contribution in [1.29, 1.82) is 0 Å². The van der Waals surface area contributed by atoms with E-state index in [0.29, 0.717) is 0 Å². The van der Waals surface area contributed by atoms with E-state index in [9.17, 15) is 0 Å². The van der Waals surface area contributed by atoms with Crippen LogP contribution in [-0.2, 0) is 0 Å². The van der Waals surface area contributed by atoms with Gasteiger partial charge >= 0.3 is 0 Å². The summed E-state index contributed by atoms with van der Waals surface area (Å²) in [6, 6.07) is 27.6. The Balaban J connectivity index is 0.000000774. The number of hydrogen-bond acceptors (Lipinski definition) is 0. The number of rotatable bonds is 2. The zero-order valence-corrected chi connectivity index (χ0v) is 13.0. The van der Waals surface area contributed by atoms with Crippen LogP contribution in [0.1, 0.15) is 19.4 Å². The molecule has 0 N–H and O–H groups in total. The largest absolute Gasteiger partial charge is 0.0683 e. The van der Waals surface area contributed by atoms with E-state index in [4.69, 9.17) is 0 Å². The zero-order valence-electron chi connectivity index (χ0n) is 13.0. The average Bonchev–Trinajstić information content (AvgIpc) is 2.58. The Kier molecular flexibility index (Phi) is 5.34. The van der Waals surface area contributed by atoms with Crippen LogP contribution in [0.25, 0.3) is 22.3 Å². The highest BCUT2D eigenvalue weighted by molar-refractivity contribution is 5.78. The smallest absolute Gasteiger partial charge is 0.0149 e. The van der Waals surface area contributed by atoms with E-state index in [2.05, 4.69) is 85.8 Å². The van der Waals surface area contributed by atoms with Gasteiger partial charge < -0.3 is 0 Å². The third-order valence-corrected chi connectivity index (χ3v) is 3.50. The molecule has 0 bridgehead atoms. The standard InChI is InChI=1S/C19H16.C2H6/c1-15-18(16-9-4-2-5-10-16)13-8-14-19(15)17-11-6-3-7-12-17;1-2/h2-14H,1H3;1-2H3. The Labute approximate surface area is 128 Å². The monoisotopic (exact) mass is 274 g/mol. The summed E-state index contributed by atoms with van der Waals surface area (Å²) in [4.78, 5) is 0. The van der Waals surface area contributed by atoms with Crippen LogP contribution in [0, 0.1) is 6.92 Å². The molecule has 0 atom stereocenters. The predicted molar refractivity (Wildman–Crippen MR) is 93.4 cm³/mol. The van der Waals surface area contributed by atoms with Crippen molar-refractivity contribution in [2.24, 2.45) is 0 Å². The fraction of sp³-hybridized carbons (Fsp3) is 0.143. The predicted octanol–water partition coefficient (Wildman–Crippen LogP) is 6.36. The van der Waals surface area contributed by atoms with Crippen molar-refractivity contribution in [3.8, 4) is 22.3 Å². The maximum atomic E-state index is 2.20. The van der Waals surface area contributed by atoms with Gasteiger partial charge in [0.25, 0.3) is 0 Å². The van der Waals surface area contributed by atoms with Crippen molar-refractivity contribution in [2.75, 3.05) is 0 Å². The molecule has 0 amide bonds. The van der Waals surface area contributed by atoms with Gasteiger partial charge in [0.05, 0.1) is 0 Å². The topological polar surface area (TPSA) is 0 Å². The number of hydrogen-bond donors (Lipinski definition) is 0. The third kappa shape index (κ3) is 3.41. The molecule has 0 aliphatic carbocycles. The molecule has 3 rings (SSSR count). The van der Waals surface area contributed by atoms with Gasteiger partial charge in [-0.25, -0.2) is 0 Å². The summed E-state index contributed by atoms with van der Waals surface area (Å²) in [5.74, 6) is 0. The zero-order chi connectivity index (χ0) is 15.1. The van der Waals surface area contributed by atoms with E-state index in [1.807, 2.05) is 13.8 Å². The third-order valence-electron chi connectivity index (χ3n) is 3.50. The maximum absolute atomic E-state index is 2.20. The second-order valence-corrected chi connectivity index (χ2v) is 4.71. The Morgan fingerprint density at radius 3 is 1.24 bits per heavy atom. The highest BCUT2D eigenvalue weighted by Crippen LogP contribution is 2.31. The number of benzene rings is 3. The normalized spacial score (nSPS) is 9.67. The molecular weight excluding hydrogens is 252 g/mol. The van der Waals surface area contributed by atoms with E-state index >= 15 is 0 Å². The van der Waals surface area contributed by atoms with Gasteiger partial charge in [-0.15, -0.1) is 0 Å². The lowest BCUT2D eigenvalue weighted by Crippen LogP contribution is -1.87. The van der Waals surface area contributed by atoms with Gasteiger partial charge in [0.15, 0.2) is 0 Å². The maximum Gasteiger partial charge on any atom is -0.0149 e. The minimum absolute atomic E-state index is 1.28. The molecular formula is C21H22. The van der Waals surface area contributed by atoms with E-state index < -0.39 is 0 Å². The Hall–Kier alpha value is -2.34. The van der Waals surface area contributed by atoms with Crippen LogP contribution in [0.3, 0.4) is 0 Å². The van der Waals surface area contributed by atoms with E-state index in [1.165, 1.54) is 27.8 Å². The van der Waals surface area contributed by atoms with Crippen molar-refractivity contribution in [3.63, 3.8) is 0 Å². The Bertz CT molecular complexity index is 609. The first kappa shape index (κ1) is 15.1. The lowest BCUT2D eigenvalue weighted by molar-refractivity contribution is 1.45. The van der Waals surface area contributed by atoms with Gasteiger partial charge in [-0.2, -0.15) is 0 Å². The van der Waals surface area contributed by atoms with Gasteiger partial charge in [0.2, 0.25) is 0 Å². The highest BCUT2D eigenvalue weighted by atomic mass is 14.1. The first-order valence-electron chi connectivity index (χ1n) is 7.57. The van der Waals surface area contributed by atoms with Crippen LogP contribution >= 0.6 is 0 Å². The molecule has 0 nitrogen and oxygen atoms in total. The van der Waals surface area contributed by atoms with Crippen molar-refractivity contribution in [3.05, 3.63) is 84.4 Å². The highest BCUT2D eigenvalue weighted by Gasteiger charge is 2.06. The van der Waals surface area contributed by atoms with Crippen LogP contribution in [0.4, 0.5) is 0 Å².